The first kappa shape index (κ1) is 17.9. The number of hydrogen-bond donors (Lipinski definition) is 2. The maximum atomic E-state index is 12.3. The van der Waals surface area contributed by atoms with Crippen LogP contribution in [0.4, 0.5) is 0 Å². The van der Waals surface area contributed by atoms with Gasteiger partial charge in [-0.15, -0.1) is 0 Å². The average Bonchev–Trinajstić information content (AvgIpc) is 3.37. The third-order valence-electron chi connectivity index (χ3n) is 4.34. The van der Waals surface area contributed by atoms with Gasteiger partial charge in [0.15, 0.2) is 6.61 Å². The average molecular weight is 356 g/mol. The van der Waals surface area contributed by atoms with Crippen LogP contribution >= 0.6 is 0 Å². The van der Waals surface area contributed by atoms with Gasteiger partial charge in [0.25, 0.3) is 5.91 Å². The second-order valence-corrected chi connectivity index (χ2v) is 6.16. The van der Waals surface area contributed by atoms with Gasteiger partial charge in [-0.2, -0.15) is 0 Å². The standard InChI is InChI=1S/C19H20N2O5/c22-11-13-3-5-14(6-4-13)19(25)26-12-17(23)15-9-16(20-10-15)18(24)21-7-1-2-8-21/h3-6,9-10,20,22H,1-2,7-8,11-12H2. The van der Waals surface area contributed by atoms with E-state index < -0.39 is 12.6 Å². The number of amides is 1. The number of benzene rings is 1. The van der Waals surface area contributed by atoms with Gasteiger partial charge in [0.1, 0.15) is 5.69 Å². The van der Waals surface area contributed by atoms with E-state index in [9.17, 15) is 14.4 Å². The van der Waals surface area contributed by atoms with Gasteiger partial charge >= 0.3 is 5.97 Å². The Morgan fingerprint density at radius 3 is 2.42 bits per heavy atom. The zero-order chi connectivity index (χ0) is 18.5. The third-order valence-corrected chi connectivity index (χ3v) is 4.34. The predicted molar refractivity (Wildman–Crippen MR) is 92.9 cm³/mol. The molecule has 136 valence electrons. The Labute approximate surface area is 150 Å². The minimum Gasteiger partial charge on any atom is -0.454 e. The monoisotopic (exact) mass is 356 g/mol. The lowest BCUT2D eigenvalue weighted by Crippen LogP contribution is -2.27. The fourth-order valence-electron chi connectivity index (χ4n) is 2.81. The van der Waals surface area contributed by atoms with Crippen molar-refractivity contribution in [2.24, 2.45) is 0 Å². The zero-order valence-corrected chi connectivity index (χ0v) is 14.2. The Balaban J connectivity index is 1.56. The highest BCUT2D eigenvalue weighted by Gasteiger charge is 2.22. The van der Waals surface area contributed by atoms with Crippen molar-refractivity contribution in [3.63, 3.8) is 0 Å². The molecule has 7 heteroatoms. The minimum absolute atomic E-state index is 0.111. The zero-order valence-electron chi connectivity index (χ0n) is 14.2. The number of aliphatic hydroxyl groups excluding tert-OH is 1. The first-order valence-electron chi connectivity index (χ1n) is 8.46. The maximum Gasteiger partial charge on any atom is 0.338 e. The largest absolute Gasteiger partial charge is 0.454 e. The number of nitrogens with one attached hydrogen (secondary N) is 1. The van der Waals surface area contributed by atoms with Crippen LogP contribution in [0.5, 0.6) is 0 Å². The molecule has 1 aromatic heterocycles. The van der Waals surface area contributed by atoms with E-state index in [4.69, 9.17) is 9.84 Å². The fraction of sp³-hybridized carbons (Fsp3) is 0.316. The molecule has 1 aromatic carbocycles. The van der Waals surface area contributed by atoms with Crippen molar-refractivity contribution in [3.8, 4) is 0 Å². The summed E-state index contributed by atoms with van der Waals surface area (Å²) in [4.78, 5) is 41.0. The molecule has 2 aromatic rings. The van der Waals surface area contributed by atoms with Crippen molar-refractivity contribution in [1.82, 2.24) is 9.88 Å². The molecule has 0 radical (unpaired) electrons. The number of carbonyl (C=O) groups is 3. The van der Waals surface area contributed by atoms with Crippen molar-refractivity contribution < 1.29 is 24.2 Å². The summed E-state index contributed by atoms with van der Waals surface area (Å²) in [7, 11) is 0. The minimum atomic E-state index is -0.619. The van der Waals surface area contributed by atoms with E-state index in [1.165, 1.54) is 24.4 Å². The van der Waals surface area contributed by atoms with Crippen LogP contribution in [0.25, 0.3) is 0 Å². The number of esters is 1. The van der Waals surface area contributed by atoms with E-state index in [-0.39, 0.29) is 18.3 Å². The highest BCUT2D eigenvalue weighted by Crippen LogP contribution is 2.14. The molecule has 1 aliphatic rings. The van der Waals surface area contributed by atoms with Gasteiger partial charge in [-0.25, -0.2) is 4.79 Å². The lowest BCUT2D eigenvalue weighted by Gasteiger charge is -2.13. The highest BCUT2D eigenvalue weighted by atomic mass is 16.5. The molecule has 0 unspecified atom stereocenters. The predicted octanol–water partition coefficient (Wildman–Crippen LogP) is 1.78. The summed E-state index contributed by atoms with van der Waals surface area (Å²) in [6.45, 7) is 0.942. The Morgan fingerprint density at radius 2 is 1.77 bits per heavy atom. The van der Waals surface area contributed by atoms with Crippen molar-refractivity contribution in [2.75, 3.05) is 19.7 Å². The number of ketones is 1. The van der Waals surface area contributed by atoms with Gasteiger partial charge in [-0.05, 0) is 36.6 Å². The van der Waals surface area contributed by atoms with Crippen LogP contribution < -0.4 is 0 Å². The number of Topliss-reactive ketones (excluding diaryl/α,β-unsaturated/α-hetero) is 1. The summed E-state index contributed by atoms with van der Waals surface area (Å²) in [5.74, 6) is -1.13. The van der Waals surface area contributed by atoms with E-state index in [0.717, 1.165) is 25.9 Å². The normalized spacial score (nSPS) is 13.7. The van der Waals surface area contributed by atoms with Crippen molar-refractivity contribution in [3.05, 3.63) is 58.9 Å². The Hall–Kier alpha value is -2.93. The molecule has 1 saturated heterocycles. The van der Waals surface area contributed by atoms with Gasteiger partial charge in [-0.1, -0.05) is 12.1 Å². The lowest BCUT2D eigenvalue weighted by atomic mass is 10.1. The smallest absolute Gasteiger partial charge is 0.338 e. The van der Waals surface area contributed by atoms with Crippen LogP contribution in [-0.2, 0) is 11.3 Å². The summed E-state index contributed by atoms with van der Waals surface area (Å²) < 4.78 is 5.03. The Kier molecular flexibility index (Phi) is 5.48. The molecule has 26 heavy (non-hydrogen) atoms. The molecular weight excluding hydrogens is 336 g/mol. The second-order valence-electron chi connectivity index (χ2n) is 6.16. The number of aliphatic hydroxyl groups is 1. The molecule has 0 bridgehead atoms. The number of H-pyrrole nitrogens is 1. The summed E-state index contributed by atoms with van der Waals surface area (Å²) in [5.41, 5.74) is 1.64. The van der Waals surface area contributed by atoms with Crippen molar-refractivity contribution >= 4 is 17.7 Å². The molecule has 7 nitrogen and oxygen atoms in total. The van der Waals surface area contributed by atoms with E-state index in [0.29, 0.717) is 22.4 Å². The molecule has 1 aliphatic heterocycles. The van der Waals surface area contributed by atoms with Crippen LogP contribution in [0.1, 0.15) is 49.6 Å². The van der Waals surface area contributed by atoms with Gasteiger partial charge < -0.3 is 19.7 Å². The number of aromatic nitrogens is 1. The first-order valence-corrected chi connectivity index (χ1v) is 8.46. The number of rotatable bonds is 6. The van der Waals surface area contributed by atoms with E-state index in [1.54, 1.807) is 17.0 Å². The fourth-order valence-corrected chi connectivity index (χ4v) is 2.81. The number of carbonyl (C=O) groups excluding carboxylic acids is 3. The van der Waals surface area contributed by atoms with Crippen LogP contribution in [-0.4, -0.2) is 52.3 Å². The molecule has 1 amide bonds. The summed E-state index contributed by atoms with van der Waals surface area (Å²) in [6.07, 6.45) is 3.44. The SMILES string of the molecule is O=C(COC(=O)c1ccc(CO)cc1)c1c[nH]c(C(=O)N2CCCC2)c1. The number of hydrogen-bond acceptors (Lipinski definition) is 5. The van der Waals surface area contributed by atoms with Gasteiger partial charge in [0, 0.05) is 24.8 Å². The highest BCUT2D eigenvalue weighted by molar-refractivity contribution is 6.02. The van der Waals surface area contributed by atoms with E-state index in [1.807, 2.05) is 0 Å². The van der Waals surface area contributed by atoms with E-state index >= 15 is 0 Å². The molecule has 3 rings (SSSR count). The van der Waals surface area contributed by atoms with Gasteiger partial charge in [0.2, 0.25) is 5.78 Å². The summed E-state index contributed by atoms with van der Waals surface area (Å²) in [6, 6.07) is 7.78. The van der Waals surface area contributed by atoms with E-state index in [2.05, 4.69) is 4.98 Å². The number of aromatic amines is 1. The maximum absolute atomic E-state index is 12.3. The van der Waals surface area contributed by atoms with Crippen LogP contribution in [0, 0.1) is 0 Å². The quantitative estimate of drug-likeness (QED) is 0.607. The molecule has 0 atom stereocenters. The molecule has 0 aliphatic carbocycles. The summed E-state index contributed by atoms with van der Waals surface area (Å²) >= 11 is 0. The third kappa shape index (κ3) is 4.00. The molecule has 2 heterocycles. The molecular formula is C19H20N2O5. The van der Waals surface area contributed by atoms with Crippen LogP contribution in [0.2, 0.25) is 0 Å². The van der Waals surface area contributed by atoms with Gasteiger partial charge in [-0.3, -0.25) is 9.59 Å². The van der Waals surface area contributed by atoms with Crippen molar-refractivity contribution in [2.45, 2.75) is 19.4 Å². The summed E-state index contributed by atoms with van der Waals surface area (Å²) in [5, 5.41) is 8.99. The number of likely N-dealkylation sites (tertiary alicyclic amines) is 1. The molecule has 0 spiro atoms. The van der Waals surface area contributed by atoms with Gasteiger partial charge in [0.05, 0.1) is 12.2 Å². The first-order chi connectivity index (χ1) is 12.6. The van der Waals surface area contributed by atoms with Crippen LogP contribution in [0.15, 0.2) is 36.5 Å². The Bertz CT molecular complexity index is 804. The lowest BCUT2D eigenvalue weighted by molar-refractivity contribution is 0.0474. The molecule has 0 saturated carbocycles. The Morgan fingerprint density at radius 1 is 1.08 bits per heavy atom. The topological polar surface area (TPSA) is 99.7 Å². The van der Waals surface area contributed by atoms with Crippen molar-refractivity contribution in [1.29, 1.82) is 0 Å². The molecule has 2 N–H and O–H groups in total. The number of nitrogens with zero attached hydrogens (tertiary/aromatic N) is 1. The second kappa shape index (κ2) is 7.97. The number of ether oxygens (including phenoxy) is 1. The van der Waals surface area contributed by atoms with Crippen LogP contribution in [0.3, 0.4) is 0 Å². The molecule has 1 fully saturated rings.